The average molecular weight is 343 g/mol. The van der Waals surface area contributed by atoms with Gasteiger partial charge in [0.1, 0.15) is 0 Å². The van der Waals surface area contributed by atoms with E-state index >= 15 is 0 Å². The van der Waals surface area contributed by atoms with Crippen LogP contribution in [-0.2, 0) is 6.54 Å². The fourth-order valence-corrected chi connectivity index (χ4v) is 3.57. The number of hydrogen-bond acceptors (Lipinski definition) is 3. The molecule has 1 aliphatic heterocycles. The minimum absolute atomic E-state index is 1.01. The average Bonchev–Trinajstić information content (AvgIpc) is 2.70. The predicted octanol–water partition coefficient (Wildman–Crippen LogP) is 4.07. The molecule has 0 aliphatic carbocycles. The van der Waals surface area contributed by atoms with Crippen molar-refractivity contribution in [3.05, 3.63) is 84.1 Å². The third-order valence-electron chi connectivity index (χ3n) is 5.07. The molecule has 0 saturated carbocycles. The minimum Gasteiger partial charge on any atom is -0.297 e. The second kappa shape index (κ2) is 8.26. The van der Waals surface area contributed by atoms with Gasteiger partial charge in [0.25, 0.3) is 0 Å². The second-order valence-corrected chi connectivity index (χ2v) is 6.88. The Bertz CT molecular complexity index is 860. The van der Waals surface area contributed by atoms with Crippen molar-refractivity contribution >= 4 is 17.0 Å². The summed E-state index contributed by atoms with van der Waals surface area (Å²) in [5, 5.41) is 1.28. The molecule has 0 unspecified atom stereocenters. The highest BCUT2D eigenvalue weighted by atomic mass is 15.3. The molecule has 0 bridgehead atoms. The highest BCUT2D eigenvalue weighted by Gasteiger charge is 2.16. The van der Waals surface area contributed by atoms with Gasteiger partial charge < -0.3 is 0 Å². The molecule has 0 N–H and O–H groups in total. The molecule has 1 fully saturated rings. The lowest BCUT2D eigenvalue weighted by Gasteiger charge is -2.34. The Hall–Kier alpha value is -2.49. The van der Waals surface area contributed by atoms with Crippen LogP contribution in [-0.4, -0.2) is 47.5 Å². The zero-order chi connectivity index (χ0) is 17.6. The second-order valence-electron chi connectivity index (χ2n) is 6.88. The highest BCUT2D eigenvalue weighted by molar-refractivity contribution is 5.81. The van der Waals surface area contributed by atoms with Crippen LogP contribution in [0.5, 0.6) is 0 Å². The van der Waals surface area contributed by atoms with Crippen molar-refractivity contribution in [2.75, 3.05) is 32.7 Å². The van der Waals surface area contributed by atoms with E-state index < -0.39 is 0 Å². The molecule has 3 heteroatoms. The van der Waals surface area contributed by atoms with Gasteiger partial charge in [0, 0.05) is 50.9 Å². The largest absolute Gasteiger partial charge is 0.297 e. The zero-order valence-electron chi connectivity index (χ0n) is 15.1. The summed E-state index contributed by atoms with van der Waals surface area (Å²) < 4.78 is 0. The topological polar surface area (TPSA) is 19.4 Å². The molecule has 3 nitrogen and oxygen atoms in total. The van der Waals surface area contributed by atoms with Crippen LogP contribution >= 0.6 is 0 Å². The van der Waals surface area contributed by atoms with Gasteiger partial charge in [-0.3, -0.25) is 14.8 Å². The summed E-state index contributed by atoms with van der Waals surface area (Å²) in [7, 11) is 0. The van der Waals surface area contributed by atoms with Crippen molar-refractivity contribution in [2.45, 2.75) is 6.54 Å². The van der Waals surface area contributed by atoms with Crippen molar-refractivity contribution in [3.8, 4) is 0 Å². The van der Waals surface area contributed by atoms with E-state index in [1.54, 1.807) is 0 Å². The molecule has 1 aromatic heterocycles. The van der Waals surface area contributed by atoms with Gasteiger partial charge in [0.15, 0.2) is 0 Å². The Morgan fingerprint density at radius 1 is 0.808 bits per heavy atom. The summed E-state index contributed by atoms with van der Waals surface area (Å²) in [6, 6.07) is 21.1. The van der Waals surface area contributed by atoms with Crippen LogP contribution in [0.4, 0.5) is 0 Å². The van der Waals surface area contributed by atoms with E-state index in [9.17, 15) is 0 Å². The molecule has 4 rings (SSSR count). The Balaban J connectivity index is 1.30. The van der Waals surface area contributed by atoms with Crippen LogP contribution in [0.3, 0.4) is 0 Å². The van der Waals surface area contributed by atoms with Crippen molar-refractivity contribution in [1.29, 1.82) is 0 Å². The lowest BCUT2D eigenvalue weighted by atomic mass is 10.1. The van der Waals surface area contributed by atoms with Crippen LogP contribution in [0.1, 0.15) is 11.1 Å². The van der Waals surface area contributed by atoms with Crippen molar-refractivity contribution in [2.24, 2.45) is 0 Å². The summed E-state index contributed by atoms with van der Waals surface area (Å²) in [6.07, 6.45) is 6.43. The monoisotopic (exact) mass is 343 g/mol. The van der Waals surface area contributed by atoms with Gasteiger partial charge in [-0.1, -0.05) is 60.7 Å². The lowest BCUT2D eigenvalue weighted by Crippen LogP contribution is -2.45. The van der Waals surface area contributed by atoms with Gasteiger partial charge in [-0.05, 0) is 23.3 Å². The molecule has 0 atom stereocenters. The van der Waals surface area contributed by atoms with Crippen molar-refractivity contribution < 1.29 is 0 Å². The number of pyridine rings is 1. The van der Waals surface area contributed by atoms with E-state index in [2.05, 4.69) is 87.6 Å². The summed E-state index contributed by atoms with van der Waals surface area (Å²) >= 11 is 0. The smallest absolute Gasteiger partial charge is 0.0705 e. The van der Waals surface area contributed by atoms with Gasteiger partial charge in [-0.2, -0.15) is 0 Å². The number of hydrogen-bond donors (Lipinski definition) is 0. The number of nitrogens with zero attached hydrogens (tertiary/aromatic N) is 3. The molecule has 0 radical (unpaired) electrons. The molecular weight excluding hydrogens is 318 g/mol. The van der Waals surface area contributed by atoms with Crippen LogP contribution < -0.4 is 0 Å². The first-order chi connectivity index (χ1) is 12.9. The summed E-state index contributed by atoms with van der Waals surface area (Å²) in [6.45, 7) is 6.54. The van der Waals surface area contributed by atoms with Crippen molar-refractivity contribution in [3.63, 3.8) is 0 Å². The van der Waals surface area contributed by atoms with Crippen LogP contribution in [0.25, 0.3) is 17.0 Å². The van der Waals surface area contributed by atoms with Gasteiger partial charge in [-0.15, -0.1) is 0 Å². The van der Waals surface area contributed by atoms with Crippen LogP contribution in [0.2, 0.25) is 0 Å². The summed E-state index contributed by atoms with van der Waals surface area (Å²) in [5.41, 5.74) is 3.75. The van der Waals surface area contributed by atoms with Gasteiger partial charge in [0.2, 0.25) is 0 Å². The number of rotatable bonds is 5. The standard InChI is InChI=1S/C23H25N3/c1-2-7-20(8-3-1)9-6-14-25-15-17-26(18-16-25)19-21-12-13-24-23-11-5-4-10-22(21)23/h1-13H,14-19H2. The number of aromatic nitrogens is 1. The van der Waals surface area contributed by atoms with E-state index in [-0.39, 0.29) is 0 Å². The maximum absolute atomic E-state index is 4.47. The predicted molar refractivity (Wildman–Crippen MR) is 109 cm³/mol. The first-order valence-corrected chi connectivity index (χ1v) is 9.37. The summed E-state index contributed by atoms with van der Waals surface area (Å²) in [4.78, 5) is 9.55. The normalized spacial score (nSPS) is 16.5. The lowest BCUT2D eigenvalue weighted by molar-refractivity contribution is 0.137. The molecule has 0 amide bonds. The third kappa shape index (κ3) is 4.18. The molecule has 132 valence electrons. The van der Waals surface area contributed by atoms with E-state index in [1.165, 1.54) is 16.5 Å². The van der Waals surface area contributed by atoms with Crippen molar-refractivity contribution in [1.82, 2.24) is 14.8 Å². The van der Waals surface area contributed by atoms with Crippen LogP contribution in [0.15, 0.2) is 72.9 Å². The fourth-order valence-electron chi connectivity index (χ4n) is 3.57. The van der Waals surface area contributed by atoms with E-state index in [1.807, 2.05) is 6.20 Å². The van der Waals surface area contributed by atoms with E-state index in [0.717, 1.165) is 44.8 Å². The molecule has 0 spiro atoms. The molecule has 3 aromatic rings. The quantitative estimate of drug-likeness (QED) is 0.696. The maximum atomic E-state index is 4.47. The molecular formula is C23H25N3. The maximum Gasteiger partial charge on any atom is 0.0705 e. The van der Waals surface area contributed by atoms with Gasteiger partial charge in [-0.25, -0.2) is 0 Å². The SMILES string of the molecule is C(=Cc1ccccc1)CN1CCN(Cc2ccnc3ccccc23)CC1. The molecule has 1 aliphatic rings. The highest BCUT2D eigenvalue weighted by Crippen LogP contribution is 2.18. The Labute approximate surface area is 155 Å². The molecule has 2 aromatic carbocycles. The molecule has 26 heavy (non-hydrogen) atoms. The molecule has 2 heterocycles. The first-order valence-electron chi connectivity index (χ1n) is 9.37. The van der Waals surface area contributed by atoms with Gasteiger partial charge >= 0.3 is 0 Å². The third-order valence-corrected chi connectivity index (χ3v) is 5.07. The Morgan fingerprint density at radius 3 is 2.38 bits per heavy atom. The number of fused-ring (bicyclic) bond motifs is 1. The van der Waals surface area contributed by atoms with E-state index in [4.69, 9.17) is 0 Å². The zero-order valence-corrected chi connectivity index (χ0v) is 15.1. The molecule has 1 saturated heterocycles. The Morgan fingerprint density at radius 2 is 1.54 bits per heavy atom. The Kier molecular flexibility index (Phi) is 5.38. The first kappa shape index (κ1) is 17.0. The number of para-hydroxylation sites is 1. The number of piperazine rings is 1. The number of benzene rings is 2. The van der Waals surface area contributed by atoms with Crippen LogP contribution in [0, 0.1) is 0 Å². The minimum atomic E-state index is 1.01. The van der Waals surface area contributed by atoms with E-state index in [0.29, 0.717) is 0 Å². The van der Waals surface area contributed by atoms with Gasteiger partial charge in [0.05, 0.1) is 5.52 Å². The summed E-state index contributed by atoms with van der Waals surface area (Å²) in [5.74, 6) is 0. The fraction of sp³-hybridized carbons (Fsp3) is 0.261.